The molecule has 38 heavy (non-hydrogen) atoms. The van der Waals surface area contributed by atoms with Gasteiger partial charge in [-0.15, -0.1) is 0 Å². The molecule has 198 valence electrons. The van der Waals surface area contributed by atoms with E-state index >= 15 is 0 Å². The first-order valence-electron chi connectivity index (χ1n) is 13.2. The van der Waals surface area contributed by atoms with Crippen molar-refractivity contribution in [3.8, 4) is 5.75 Å². The molecule has 0 spiro atoms. The lowest BCUT2D eigenvalue weighted by atomic mass is 10.1. The molecule has 0 bridgehead atoms. The number of amides is 2. The number of rotatable bonds is 12. The largest absolute Gasteiger partial charge is 0.497 e. The third-order valence-electron chi connectivity index (χ3n) is 6.54. The molecule has 7 heteroatoms. The van der Waals surface area contributed by atoms with E-state index in [0.717, 1.165) is 48.2 Å². The molecule has 1 aromatic heterocycles. The van der Waals surface area contributed by atoms with Gasteiger partial charge in [-0.25, -0.2) is 4.98 Å². The summed E-state index contributed by atoms with van der Waals surface area (Å²) in [4.78, 5) is 32.6. The summed E-state index contributed by atoms with van der Waals surface area (Å²) in [5.74, 6) is 1.52. The molecule has 0 saturated carbocycles. The van der Waals surface area contributed by atoms with Crippen molar-refractivity contribution in [2.75, 3.05) is 18.6 Å². The van der Waals surface area contributed by atoms with Crippen LogP contribution in [-0.4, -0.2) is 41.1 Å². The number of imidazole rings is 1. The molecule has 0 unspecified atom stereocenters. The number of nitrogens with zero attached hydrogens (tertiary/aromatic N) is 3. The maximum Gasteiger partial charge on any atom is 0.251 e. The van der Waals surface area contributed by atoms with Gasteiger partial charge in [0.05, 0.1) is 18.1 Å². The number of aromatic nitrogens is 2. The average molecular weight is 513 g/mol. The summed E-state index contributed by atoms with van der Waals surface area (Å²) in [6.45, 7) is 4.90. The number of anilines is 1. The fraction of sp³-hybridized carbons (Fsp3) is 0.323. The van der Waals surface area contributed by atoms with Gasteiger partial charge in [0.1, 0.15) is 18.1 Å². The number of methoxy groups -OCH3 is 1. The monoisotopic (exact) mass is 512 g/mol. The number of para-hydroxylation sites is 3. The number of carbonyl (C=O) groups excluding carboxylic acids is 2. The van der Waals surface area contributed by atoms with E-state index < -0.39 is 0 Å². The SMILES string of the molecule is COc1cccc(C(=O)NCCCCCc2nc3ccccc3n2CC(=O)N(c2ccccc2)C(C)C)c1. The predicted molar refractivity (Wildman–Crippen MR) is 152 cm³/mol. The molecule has 0 aliphatic heterocycles. The molecule has 1 heterocycles. The lowest BCUT2D eigenvalue weighted by molar-refractivity contribution is -0.119. The van der Waals surface area contributed by atoms with Crippen LogP contribution in [0.4, 0.5) is 5.69 Å². The Hall–Kier alpha value is -4.13. The van der Waals surface area contributed by atoms with Gasteiger partial charge in [-0.1, -0.05) is 42.8 Å². The summed E-state index contributed by atoms with van der Waals surface area (Å²) in [5, 5.41) is 2.98. The molecule has 0 aliphatic rings. The Morgan fingerprint density at radius 1 is 0.947 bits per heavy atom. The smallest absolute Gasteiger partial charge is 0.251 e. The second-order valence-corrected chi connectivity index (χ2v) is 9.59. The van der Waals surface area contributed by atoms with Gasteiger partial charge < -0.3 is 19.5 Å². The first-order valence-corrected chi connectivity index (χ1v) is 13.2. The maximum absolute atomic E-state index is 13.5. The average Bonchev–Trinajstić information content (AvgIpc) is 3.27. The fourth-order valence-corrected chi connectivity index (χ4v) is 4.68. The number of unbranched alkanes of at least 4 members (excludes halogenated alkanes) is 2. The Kier molecular flexibility index (Phi) is 9.14. The Bertz CT molecular complexity index is 1360. The Morgan fingerprint density at radius 3 is 2.47 bits per heavy atom. The highest BCUT2D eigenvalue weighted by atomic mass is 16.5. The third kappa shape index (κ3) is 6.59. The molecule has 4 aromatic rings. The molecule has 0 radical (unpaired) electrons. The highest BCUT2D eigenvalue weighted by Gasteiger charge is 2.21. The van der Waals surface area contributed by atoms with Crippen LogP contribution in [0.3, 0.4) is 0 Å². The van der Waals surface area contributed by atoms with Gasteiger partial charge in [-0.2, -0.15) is 0 Å². The molecule has 3 aromatic carbocycles. The standard InChI is InChI=1S/C31H36N4O3/c1-23(2)35(25-14-6-4-7-15-25)30(36)22-34-28-18-10-9-17-27(28)33-29(34)19-8-5-11-20-32-31(37)24-13-12-16-26(21-24)38-3/h4,6-7,9-10,12-18,21,23H,5,8,11,19-20,22H2,1-3H3,(H,32,37). The van der Waals surface area contributed by atoms with E-state index in [-0.39, 0.29) is 24.4 Å². The summed E-state index contributed by atoms with van der Waals surface area (Å²) in [5.41, 5.74) is 3.36. The number of benzene rings is 3. The number of carbonyl (C=O) groups is 2. The summed E-state index contributed by atoms with van der Waals surface area (Å²) in [7, 11) is 1.59. The van der Waals surface area contributed by atoms with Crippen LogP contribution in [0, 0.1) is 0 Å². The van der Waals surface area contributed by atoms with Crippen molar-refractivity contribution in [2.24, 2.45) is 0 Å². The molecule has 4 rings (SSSR count). The van der Waals surface area contributed by atoms with Crippen LogP contribution < -0.4 is 15.0 Å². The minimum Gasteiger partial charge on any atom is -0.497 e. The predicted octanol–water partition coefficient (Wildman–Crippen LogP) is 5.63. The highest BCUT2D eigenvalue weighted by Crippen LogP contribution is 2.21. The number of ether oxygens (including phenoxy) is 1. The molecular weight excluding hydrogens is 476 g/mol. The summed E-state index contributed by atoms with van der Waals surface area (Å²) in [6, 6.07) is 25.0. The molecular formula is C31H36N4O3. The minimum absolute atomic E-state index is 0.0373. The molecule has 2 amide bonds. The molecule has 1 N–H and O–H groups in total. The zero-order valence-corrected chi connectivity index (χ0v) is 22.4. The zero-order valence-electron chi connectivity index (χ0n) is 22.4. The molecule has 7 nitrogen and oxygen atoms in total. The molecule has 0 atom stereocenters. The van der Waals surface area contributed by atoms with Crippen molar-refractivity contribution in [3.05, 3.63) is 90.3 Å². The van der Waals surface area contributed by atoms with Crippen molar-refractivity contribution in [3.63, 3.8) is 0 Å². The topological polar surface area (TPSA) is 76.5 Å². The van der Waals surface area contributed by atoms with E-state index in [9.17, 15) is 9.59 Å². The van der Waals surface area contributed by atoms with Crippen LogP contribution >= 0.6 is 0 Å². The Labute approximate surface area is 224 Å². The van der Waals surface area contributed by atoms with Gasteiger partial charge in [0, 0.05) is 30.3 Å². The Morgan fingerprint density at radius 2 is 1.71 bits per heavy atom. The Balaban J connectivity index is 1.36. The van der Waals surface area contributed by atoms with Crippen LogP contribution in [0.2, 0.25) is 0 Å². The van der Waals surface area contributed by atoms with E-state index in [1.807, 2.05) is 85.5 Å². The van der Waals surface area contributed by atoms with Crippen LogP contribution in [0.1, 0.15) is 49.3 Å². The van der Waals surface area contributed by atoms with E-state index in [2.05, 4.69) is 9.88 Å². The van der Waals surface area contributed by atoms with Crippen LogP contribution in [0.5, 0.6) is 5.75 Å². The van der Waals surface area contributed by atoms with E-state index in [1.54, 1.807) is 19.2 Å². The summed E-state index contributed by atoms with van der Waals surface area (Å²) < 4.78 is 7.25. The first kappa shape index (κ1) is 26.9. The number of nitrogens with one attached hydrogen (secondary N) is 1. The lowest BCUT2D eigenvalue weighted by Crippen LogP contribution is -2.39. The molecule has 0 aliphatic carbocycles. The van der Waals surface area contributed by atoms with Crippen LogP contribution in [-0.2, 0) is 17.8 Å². The minimum atomic E-state index is -0.0997. The van der Waals surface area contributed by atoms with Crippen molar-refractivity contribution in [1.82, 2.24) is 14.9 Å². The van der Waals surface area contributed by atoms with E-state index in [4.69, 9.17) is 9.72 Å². The van der Waals surface area contributed by atoms with Gasteiger partial charge in [0.25, 0.3) is 5.91 Å². The van der Waals surface area contributed by atoms with Gasteiger partial charge in [-0.05, 0) is 69.2 Å². The second kappa shape index (κ2) is 12.9. The van der Waals surface area contributed by atoms with E-state index in [1.165, 1.54) is 0 Å². The second-order valence-electron chi connectivity index (χ2n) is 9.59. The number of aryl methyl sites for hydroxylation is 1. The highest BCUT2D eigenvalue weighted by molar-refractivity contribution is 5.95. The van der Waals surface area contributed by atoms with Crippen molar-refractivity contribution < 1.29 is 14.3 Å². The molecule has 0 fully saturated rings. The fourth-order valence-electron chi connectivity index (χ4n) is 4.68. The van der Waals surface area contributed by atoms with Crippen molar-refractivity contribution >= 4 is 28.5 Å². The van der Waals surface area contributed by atoms with Crippen molar-refractivity contribution in [2.45, 2.75) is 52.1 Å². The summed E-state index contributed by atoms with van der Waals surface area (Å²) in [6.07, 6.45) is 3.49. The lowest BCUT2D eigenvalue weighted by Gasteiger charge is -2.27. The molecule has 0 saturated heterocycles. The van der Waals surface area contributed by atoms with E-state index in [0.29, 0.717) is 17.9 Å². The quantitative estimate of drug-likeness (QED) is 0.250. The van der Waals surface area contributed by atoms with Gasteiger partial charge >= 0.3 is 0 Å². The number of fused-ring (bicyclic) bond motifs is 1. The number of hydrogen-bond donors (Lipinski definition) is 1. The normalized spacial score (nSPS) is 11.1. The first-order chi connectivity index (χ1) is 18.5. The van der Waals surface area contributed by atoms with Crippen LogP contribution in [0.15, 0.2) is 78.9 Å². The van der Waals surface area contributed by atoms with Gasteiger partial charge in [0.2, 0.25) is 5.91 Å². The maximum atomic E-state index is 13.5. The van der Waals surface area contributed by atoms with Crippen LogP contribution in [0.25, 0.3) is 11.0 Å². The van der Waals surface area contributed by atoms with Gasteiger partial charge in [0.15, 0.2) is 0 Å². The van der Waals surface area contributed by atoms with Gasteiger partial charge in [-0.3, -0.25) is 9.59 Å². The third-order valence-corrected chi connectivity index (χ3v) is 6.54. The number of hydrogen-bond acceptors (Lipinski definition) is 4. The van der Waals surface area contributed by atoms with Crippen molar-refractivity contribution in [1.29, 1.82) is 0 Å². The summed E-state index contributed by atoms with van der Waals surface area (Å²) >= 11 is 0. The zero-order chi connectivity index (χ0) is 26.9.